The summed E-state index contributed by atoms with van der Waals surface area (Å²) >= 11 is 6.25. The highest BCUT2D eigenvalue weighted by Gasteiger charge is 2.59. The maximum Gasteiger partial charge on any atom is 0.314 e. The quantitative estimate of drug-likeness (QED) is 0.798. The van der Waals surface area contributed by atoms with Gasteiger partial charge in [-0.3, -0.25) is 4.79 Å². The SMILES string of the molecule is CCCC1(CCC)CC(C(=O)O)(c2ccccc2Cl)C1. The number of hydrogen-bond acceptors (Lipinski definition) is 1. The lowest BCUT2D eigenvalue weighted by atomic mass is 9.48. The van der Waals surface area contributed by atoms with Crippen molar-refractivity contribution >= 4 is 17.6 Å². The molecule has 0 heterocycles. The van der Waals surface area contributed by atoms with Gasteiger partial charge in [0.2, 0.25) is 0 Å². The molecule has 0 saturated heterocycles. The van der Waals surface area contributed by atoms with Crippen molar-refractivity contribution in [3.05, 3.63) is 34.9 Å². The molecule has 1 aromatic rings. The Hall–Kier alpha value is -1.02. The fraction of sp³-hybridized carbons (Fsp3) is 0.588. The Morgan fingerprint density at radius 2 is 1.75 bits per heavy atom. The van der Waals surface area contributed by atoms with Gasteiger partial charge in [-0.1, -0.05) is 56.5 Å². The van der Waals surface area contributed by atoms with Crippen LogP contribution in [-0.4, -0.2) is 11.1 Å². The third kappa shape index (κ3) is 2.46. The highest BCUT2D eigenvalue weighted by Crippen LogP contribution is 2.61. The van der Waals surface area contributed by atoms with E-state index < -0.39 is 11.4 Å². The van der Waals surface area contributed by atoms with Crippen molar-refractivity contribution in [2.24, 2.45) is 5.41 Å². The Morgan fingerprint density at radius 1 is 1.20 bits per heavy atom. The lowest BCUT2D eigenvalue weighted by Crippen LogP contribution is -2.54. The molecule has 2 rings (SSSR count). The van der Waals surface area contributed by atoms with Gasteiger partial charge in [0, 0.05) is 5.02 Å². The van der Waals surface area contributed by atoms with Crippen molar-refractivity contribution in [2.75, 3.05) is 0 Å². The zero-order valence-corrected chi connectivity index (χ0v) is 13.0. The molecule has 0 aliphatic heterocycles. The minimum atomic E-state index is -0.775. The van der Waals surface area contributed by atoms with Crippen LogP contribution in [0.5, 0.6) is 0 Å². The monoisotopic (exact) mass is 294 g/mol. The Morgan fingerprint density at radius 3 is 2.20 bits per heavy atom. The normalized spacial score (nSPS) is 19.4. The van der Waals surface area contributed by atoms with Gasteiger partial charge >= 0.3 is 5.97 Å². The number of carbonyl (C=O) groups is 1. The van der Waals surface area contributed by atoms with E-state index in [1.807, 2.05) is 18.2 Å². The molecule has 3 heteroatoms. The first-order valence-electron chi connectivity index (χ1n) is 7.48. The van der Waals surface area contributed by atoms with Gasteiger partial charge in [0.05, 0.1) is 5.41 Å². The van der Waals surface area contributed by atoms with Crippen molar-refractivity contribution in [3.8, 4) is 0 Å². The fourth-order valence-corrected chi connectivity index (χ4v) is 4.39. The summed E-state index contributed by atoms with van der Waals surface area (Å²) < 4.78 is 0. The number of halogens is 1. The summed E-state index contributed by atoms with van der Waals surface area (Å²) in [6.07, 6.45) is 5.89. The van der Waals surface area contributed by atoms with Crippen LogP contribution in [0.2, 0.25) is 5.02 Å². The summed E-state index contributed by atoms with van der Waals surface area (Å²) in [5.41, 5.74) is 0.209. The molecule has 20 heavy (non-hydrogen) atoms. The van der Waals surface area contributed by atoms with Gasteiger partial charge in [-0.15, -0.1) is 0 Å². The van der Waals surface area contributed by atoms with Gasteiger partial charge in [0.15, 0.2) is 0 Å². The first-order chi connectivity index (χ1) is 9.49. The fourth-order valence-electron chi connectivity index (χ4n) is 4.07. The molecule has 0 unspecified atom stereocenters. The van der Waals surface area contributed by atoms with E-state index in [0.29, 0.717) is 5.02 Å². The van der Waals surface area contributed by atoms with E-state index in [0.717, 1.165) is 44.1 Å². The number of carboxylic acids is 1. The summed E-state index contributed by atoms with van der Waals surface area (Å²) in [7, 11) is 0. The van der Waals surface area contributed by atoms with E-state index in [1.54, 1.807) is 6.07 Å². The van der Waals surface area contributed by atoms with Crippen molar-refractivity contribution in [3.63, 3.8) is 0 Å². The molecule has 0 radical (unpaired) electrons. The molecule has 1 N–H and O–H groups in total. The van der Waals surface area contributed by atoms with Crippen LogP contribution in [0.25, 0.3) is 0 Å². The summed E-state index contributed by atoms with van der Waals surface area (Å²) in [6.45, 7) is 4.35. The Balaban J connectivity index is 2.33. The summed E-state index contributed by atoms with van der Waals surface area (Å²) in [6, 6.07) is 7.40. The molecule has 1 fully saturated rings. The van der Waals surface area contributed by atoms with Gasteiger partial charge < -0.3 is 5.11 Å². The van der Waals surface area contributed by atoms with Crippen LogP contribution < -0.4 is 0 Å². The summed E-state index contributed by atoms with van der Waals surface area (Å²) in [4.78, 5) is 11.9. The molecule has 0 aromatic heterocycles. The van der Waals surface area contributed by atoms with Gasteiger partial charge in [-0.2, -0.15) is 0 Å². The molecular formula is C17H23ClO2. The predicted octanol–water partition coefficient (Wildman–Crippen LogP) is 5.04. The van der Waals surface area contributed by atoms with E-state index in [9.17, 15) is 9.90 Å². The van der Waals surface area contributed by atoms with Crippen molar-refractivity contribution in [2.45, 2.75) is 57.8 Å². The van der Waals surface area contributed by atoms with Gasteiger partial charge in [-0.25, -0.2) is 0 Å². The van der Waals surface area contributed by atoms with Gasteiger partial charge in [0.25, 0.3) is 0 Å². The highest BCUT2D eigenvalue weighted by molar-refractivity contribution is 6.31. The van der Waals surface area contributed by atoms with Gasteiger partial charge in [0.1, 0.15) is 0 Å². The van der Waals surface area contributed by atoms with Crippen LogP contribution in [0.3, 0.4) is 0 Å². The summed E-state index contributed by atoms with van der Waals surface area (Å²) in [5.74, 6) is -0.728. The molecule has 0 atom stereocenters. The lowest BCUT2D eigenvalue weighted by molar-refractivity contribution is -0.155. The first kappa shape index (κ1) is 15.4. The van der Waals surface area contributed by atoms with Gasteiger partial charge in [-0.05, 0) is 42.7 Å². The van der Waals surface area contributed by atoms with Crippen LogP contribution >= 0.6 is 11.6 Å². The minimum Gasteiger partial charge on any atom is -0.481 e. The number of hydrogen-bond donors (Lipinski definition) is 1. The Kier molecular flexibility index (Phi) is 4.43. The molecule has 1 aliphatic carbocycles. The van der Waals surface area contributed by atoms with Crippen molar-refractivity contribution in [1.82, 2.24) is 0 Å². The van der Waals surface area contributed by atoms with Crippen LogP contribution in [0, 0.1) is 5.41 Å². The zero-order valence-electron chi connectivity index (χ0n) is 12.3. The van der Waals surface area contributed by atoms with E-state index in [1.165, 1.54) is 0 Å². The van der Waals surface area contributed by atoms with E-state index in [2.05, 4.69) is 13.8 Å². The maximum atomic E-state index is 11.9. The molecule has 0 bridgehead atoms. The second-order valence-corrected chi connectivity index (χ2v) is 6.63. The molecule has 1 aromatic carbocycles. The Bertz CT molecular complexity index is 482. The molecule has 1 saturated carbocycles. The molecule has 110 valence electrons. The topological polar surface area (TPSA) is 37.3 Å². The smallest absolute Gasteiger partial charge is 0.314 e. The first-order valence-corrected chi connectivity index (χ1v) is 7.86. The molecule has 0 spiro atoms. The zero-order chi connectivity index (χ0) is 14.8. The van der Waals surface area contributed by atoms with Crippen LogP contribution in [0.1, 0.15) is 57.9 Å². The Labute approximate surface area is 126 Å². The molecular weight excluding hydrogens is 272 g/mol. The summed E-state index contributed by atoms with van der Waals surface area (Å²) in [5, 5.41) is 10.4. The number of carboxylic acid groups (broad SMARTS) is 1. The van der Waals surface area contributed by atoms with Crippen LogP contribution in [0.4, 0.5) is 0 Å². The van der Waals surface area contributed by atoms with E-state index in [-0.39, 0.29) is 5.41 Å². The lowest BCUT2D eigenvalue weighted by Gasteiger charge is -2.55. The maximum absolute atomic E-state index is 11.9. The third-order valence-corrected chi connectivity index (χ3v) is 5.04. The largest absolute Gasteiger partial charge is 0.481 e. The van der Waals surface area contributed by atoms with Crippen molar-refractivity contribution in [1.29, 1.82) is 0 Å². The molecule has 2 nitrogen and oxygen atoms in total. The number of aliphatic carboxylic acids is 1. The van der Waals surface area contributed by atoms with Crippen LogP contribution in [0.15, 0.2) is 24.3 Å². The average Bonchev–Trinajstić information content (AvgIpc) is 2.36. The standard InChI is InChI=1S/C17H23ClO2/c1-3-9-16(10-4-2)11-17(12-16,15(19)20)13-7-5-6-8-14(13)18/h5-8H,3-4,9-12H2,1-2H3,(H,19,20). The van der Waals surface area contributed by atoms with E-state index in [4.69, 9.17) is 11.6 Å². The minimum absolute atomic E-state index is 0.195. The van der Waals surface area contributed by atoms with Crippen LogP contribution in [-0.2, 0) is 10.2 Å². The second kappa shape index (κ2) is 5.77. The molecule has 1 aliphatic rings. The third-order valence-electron chi connectivity index (χ3n) is 4.71. The highest BCUT2D eigenvalue weighted by atomic mass is 35.5. The second-order valence-electron chi connectivity index (χ2n) is 6.22. The number of benzene rings is 1. The average molecular weight is 295 g/mol. The molecule has 0 amide bonds. The van der Waals surface area contributed by atoms with E-state index >= 15 is 0 Å². The number of rotatable bonds is 6. The van der Waals surface area contributed by atoms with Crippen molar-refractivity contribution < 1.29 is 9.90 Å². The predicted molar refractivity (Wildman–Crippen MR) is 82.2 cm³/mol.